The maximum Gasteiger partial charge on any atom is 0.116 e. The molecule has 2 rings (SSSR count). The van der Waals surface area contributed by atoms with Crippen LogP contribution in [0.5, 0.6) is 0 Å². The van der Waals surface area contributed by atoms with Crippen molar-refractivity contribution >= 4 is 12.4 Å². The van der Waals surface area contributed by atoms with E-state index in [-0.39, 0.29) is 23.5 Å². The number of ether oxygens (including phenoxy) is 1. The van der Waals surface area contributed by atoms with Crippen LogP contribution >= 0.6 is 12.4 Å². The van der Waals surface area contributed by atoms with Crippen molar-refractivity contribution < 1.29 is 4.74 Å². The van der Waals surface area contributed by atoms with E-state index in [1.807, 2.05) is 0 Å². The van der Waals surface area contributed by atoms with E-state index in [4.69, 9.17) is 4.74 Å². The van der Waals surface area contributed by atoms with Crippen LogP contribution in [0.2, 0.25) is 0 Å². The summed E-state index contributed by atoms with van der Waals surface area (Å²) in [5.41, 5.74) is 0.194. The third-order valence-corrected chi connectivity index (χ3v) is 4.55. The number of nitrogens with zero attached hydrogens (tertiary/aromatic N) is 1. The monoisotopic (exact) mass is 290 g/mol. The Hall–Kier alpha value is 0.170. The molecule has 19 heavy (non-hydrogen) atoms. The molecule has 0 aliphatic carbocycles. The minimum absolute atomic E-state index is 0. The molecule has 3 nitrogen and oxygen atoms in total. The average molecular weight is 291 g/mol. The molecule has 2 heterocycles. The standard InChI is InChI=1S/C15H30N2O.ClH/c1-5-17-8-6-13(7-9-17)10-15(4)16-11-14(2,3)12-18-15;/h13,16H,5-12H2,1-4H3;1H. The van der Waals surface area contributed by atoms with Gasteiger partial charge >= 0.3 is 0 Å². The Labute approximate surface area is 124 Å². The second-order valence-corrected chi connectivity index (χ2v) is 7.12. The van der Waals surface area contributed by atoms with Crippen molar-refractivity contribution in [1.29, 1.82) is 0 Å². The molecule has 0 bridgehead atoms. The van der Waals surface area contributed by atoms with E-state index in [0.29, 0.717) is 0 Å². The number of halogens is 1. The van der Waals surface area contributed by atoms with E-state index < -0.39 is 0 Å². The van der Waals surface area contributed by atoms with Gasteiger partial charge in [-0.15, -0.1) is 12.4 Å². The molecule has 1 N–H and O–H groups in total. The highest BCUT2D eigenvalue weighted by molar-refractivity contribution is 5.85. The third-order valence-electron chi connectivity index (χ3n) is 4.55. The van der Waals surface area contributed by atoms with Gasteiger partial charge < -0.3 is 9.64 Å². The van der Waals surface area contributed by atoms with Crippen molar-refractivity contribution in [2.75, 3.05) is 32.8 Å². The van der Waals surface area contributed by atoms with Gasteiger partial charge in [0.2, 0.25) is 0 Å². The fourth-order valence-corrected chi connectivity index (χ4v) is 3.07. The Bertz CT molecular complexity index is 265. The first-order valence-electron chi connectivity index (χ1n) is 7.54. The van der Waals surface area contributed by atoms with Gasteiger partial charge in [-0.05, 0) is 51.7 Å². The first-order valence-corrected chi connectivity index (χ1v) is 7.54. The topological polar surface area (TPSA) is 24.5 Å². The number of piperidine rings is 1. The summed E-state index contributed by atoms with van der Waals surface area (Å²) in [6.07, 6.45) is 3.83. The van der Waals surface area contributed by atoms with Gasteiger partial charge in [-0.3, -0.25) is 5.32 Å². The highest BCUT2D eigenvalue weighted by atomic mass is 35.5. The predicted molar refractivity (Wildman–Crippen MR) is 82.8 cm³/mol. The summed E-state index contributed by atoms with van der Waals surface area (Å²) in [6.45, 7) is 14.7. The first-order chi connectivity index (χ1) is 8.42. The molecular formula is C15H31ClN2O. The molecule has 114 valence electrons. The van der Waals surface area contributed by atoms with Gasteiger partial charge in [-0.2, -0.15) is 0 Å². The maximum absolute atomic E-state index is 6.11. The normalized spacial score (nSPS) is 32.8. The predicted octanol–water partition coefficient (Wildman–Crippen LogP) is 2.89. The summed E-state index contributed by atoms with van der Waals surface area (Å²) >= 11 is 0. The van der Waals surface area contributed by atoms with Gasteiger partial charge in [0, 0.05) is 12.0 Å². The van der Waals surface area contributed by atoms with E-state index in [1.54, 1.807) is 0 Å². The Balaban J connectivity index is 0.00000180. The summed E-state index contributed by atoms with van der Waals surface area (Å²) in [4.78, 5) is 2.55. The van der Waals surface area contributed by atoms with Gasteiger partial charge in [-0.1, -0.05) is 20.8 Å². The molecule has 0 aromatic carbocycles. The van der Waals surface area contributed by atoms with E-state index >= 15 is 0 Å². The number of hydrogen-bond donors (Lipinski definition) is 1. The largest absolute Gasteiger partial charge is 0.360 e. The Morgan fingerprint density at radius 2 is 1.84 bits per heavy atom. The summed E-state index contributed by atoms with van der Waals surface area (Å²) in [5, 5.41) is 3.62. The minimum Gasteiger partial charge on any atom is -0.360 e. The van der Waals surface area contributed by atoms with E-state index in [0.717, 1.165) is 19.1 Å². The fraction of sp³-hybridized carbons (Fsp3) is 1.00. The van der Waals surface area contributed by atoms with Crippen molar-refractivity contribution in [3.8, 4) is 0 Å². The molecule has 2 aliphatic heterocycles. The molecule has 2 fully saturated rings. The number of hydrogen-bond acceptors (Lipinski definition) is 3. The highest BCUT2D eigenvalue weighted by Crippen LogP contribution is 2.32. The lowest BCUT2D eigenvalue weighted by Crippen LogP contribution is -2.56. The lowest BCUT2D eigenvalue weighted by atomic mass is 9.86. The van der Waals surface area contributed by atoms with Crippen molar-refractivity contribution in [3.63, 3.8) is 0 Å². The molecule has 1 atom stereocenters. The van der Waals surface area contributed by atoms with E-state index in [1.165, 1.54) is 38.9 Å². The van der Waals surface area contributed by atoms with Crippen LogP contribution in [0.4, 0.5) is 0 Å². The smallest absolute Gasteiger partial charge is 0.116 e. The molecule has 0 aromatic heterocycles. The van der Waals surface area contributed by atoms with Crippen LogP contribution in [0.15, 0.2) is 0 Å². The quantitative estimate of drug-likeness (QED) is 0.865. The SMILES string of the molecule is CCN1CCC(CC2(C)NCC(C)(C)CO2)CC1.Cl. The first kappa shape index (κ1) is 17.2. The lowest BCUT2D eigenvalue weighted by molar-refractivity contribution is -0.138. The molecular weight excluding hydrogens is 260 g/mol. The third kappa shape index (κ3) is 4.89. The number of likely N-dealkylation sites (tertiary alicyclic amines) is 1. The number of nitrogens with one attached hydrogen (secondary N) is 1. The minimum atomic E-state index is -0.0887. The van der Waals surface area contributed by atoms with Crippen LogP contribution < -0.4 is 5.32 Å². The molecule has 0 aromatic rings. The van der Waals surface area contributed by atoms with Crippen molar-refractivity contribution in [1.82, 2.24) is 10.2 Å². The zero-order chi connectivity index (χ0) is 13.2. The van der Waals surface area contributed by atoms with E-state index in [2.05, 4.69) is 37.9 Å². The molecule has 0 spiro atoms. The van der Waals surface area contributed by atoms with Crippen LogP contribution in [-0.4, -0.2) is 43.4 Å². The Morgan fingerprint density at radius 3 is 2.32 bits per heavy atom. The highest BCUT2D eigenvalue weighted by Gasteiger charge is 2.37. The van der Waals surface area contributed by atoms with Gasteiger partial charge in [0.25, 0.3) is 0 Å². The Morgan fingerprint density at radius 1 is 1.21 bits per heavy atom. The second kappa shape index (κ2) is 6.75. The van der Waals surface area contributed by atoms with Crippen LogP contribution in [-0.2, 0) is 4.74 Å². The molecule has 4 heteroatoms. The van der Waals surface area contributed by atoms with Crippen LogP contribution in [0.3, 0.4) is 0 Å². The zero-order valence-electron chi connectivity index (χ0n) is 13.0. The van der Waals surface area contributed by atoms with Gasteiger partial charge in [0.1, 0.15) is 5.72 Å². The Kier molecular flexibility index (Phi) is 6.12. The maximum atomic E-state index is 6.11. The molecule has 0 saturated carbocycles. The van der Waals surface area contributed by atoms with Crippen LogP contribution in [0.25, 0.3) is 0 Å². The number of rotatable bonds is 3. The molecule has 2 aliphatic rings. The summed E-state index contributed by atoms with van der Waals surface area (Å²) in [7, 11) is 0. The lowest BCUT2D eigenvalue weighted by Gasteiger charge is -2.45. The van der Waals surface area contributed by atoms with Gasteiger partial charge in [0.05, 0.1) is 6.61 Å². The zero-order valence-corrected chi connectivity index (χ0v) is 13.8. The van der Waals surface area contributed by atoms with Crippen LogP contribution in [0.1, 0.15) is 47.0 Å². The van der Waals surface area contributed by atoms with Gasteiger partial charge in [-0.25, -0.2) is 0 Å². The van der Waals surface area contributed by atoms with Crippen molar-refractivity contribution in [2.45, 2.75) is 52.7 Å². The average Bonchev–Trinajstić information content (AvgIpc) is 2.35. The van der Waals surface area contributed by atoms with Gasteiger partial charge in [0.15, 0.2) is 0 Å². The fourth-order valence-electron chi connectivity index (χ4n) is 3.07. The summed E-state index contributed by atoms with van der Waals surface area (Å²) < 4.78 is 6.11. The summed E-state index contributed by atoms with van der Waals surface area (Å²) in [5.74, 6) is 0.825. The molecule has 1 unspecified atom stereocenters. The second-order valence-electron chi connectivity index (χ2n) is 7.12. The summed E-state index contributed by atoms with van der Waals surface area (Å²) in [6, 6.07) is 0. The van der Waals surface area contributed by atoms with Crippen LogP contribution in [0, 0.1) is 11.3 Å². The van der Waals surface area contributed by atoms with E-state index in [9.17, 15) is 0 Å². The molecule has 0 amide bonds. The molecule has 0 radical (unpaired) electrons. The molecule has 2 saturated heterocycles. The van der Waals surface area contributed by atoms with Crippen molar-refractivity contribution in [2.24, 2.45) is 11.3 Å². The van der Waals surface area contributed by atoms with Crippen molar-refractivity contribution in [3.05, 3.63) is 0 Å².